The highest BCUT2D eigenvalue weighted by molar-refractivity contribution is 5.85. The normalized spacial score (nSPS) is 26.2. The van der Waals surface area contributed by atoms with Crippen molar-refractivity contribution in [3.8, 4) is 0 Å². The van der Waals surface area contributed by atoms with E-state index in [0.717, 1.165) is 0 Å². The van der Waals surface area contributed by atoms with Gasteiger partial charge >= 0.3 is 5.97 Å². The van der Waals surface area contributed by atoms with Gasteiger partial charge in [-0.3, -0.25) is 9.59 Å². The van der Waals surface area contributed by atoms with E-state index in [-0.39, 0.29) is 24.4 Å². The molecule has 1 aliphatic carbocycles. The van der Waals surface area contributed by atoms with E-state index < -0.39 is 5.97 Å². The van der Waals surface area contributed by atoms with Gasteiger partial charge in [0.1, 0.15) is 6.54 Å². The minimum Gasteiger partial charge on any atom is -0.468 e. The van der Waals surface area contributed by atoms with Crippen molar-refractivity contribution < 1.29 is 14.3 Å². The van der Waals surface area contributed by atoms with Crippen molar-refractivity contribution in [1.82, 2.24) is 5.32 Å². The molecule has 0 radical (unpaired) electrons. The molecule has 0 aromatic heterocycles. The smallest absolute Gasteiger partial charge is 0.325 e. The van der Waals surface area contributed by atoms with Crippen LogP contribution in [0.1, 0.15) is 6.42 Å². The van der Waals surface area contributed by atoms with Crippen LogP contribution in [0.2, 0.25) is 0 Å². The van der Waals surface area contributed by atoms with Crippen LogP contribution < -0.4 is 11.1 Å². The largest absolute Gasteiger partial charge is 0.468 e. The number of nitrogens with two attached hydrogens (primary N) is 1. The second-order valence-electron chi connectivity index (χ2n) is 2.80. The van der Waals surface area contributed by atoms with Gasteiger partial charge in [-0.05, 0) is 6.42 Å². The number of ether oxygens (including phenoxy) is 1. The number of carbonyl (C=O) groups excluding carboxylic acids is 2. The molecule has 0 aromatic carbocycles. The average Bonchev–Trinajstić information content (AvgIpc) is 2.77. The number of rotatable bonds is 3. The molecule has 1 rings (SSSR count). The van der Waals surface area contributed by atoms with E-state index in [0.29, 0.717) is 6.42 Å². The Labute approximate surface area is 70.2 Å². The van der Waals surface area contributed by atoms with Crippen molar-refractivity contribution in [2.75, 3.05) is 13.7 Å². The SMILES string of the molecule is COC(=O)CNC(=O)C1CC1N. The van der Waals surface area contributed by atoms with E-state index in [1.165, 1.54) is 7.11 Å². The van der Waals surface area contributed by atoms with Crippen LogP contribution in [0.5, 0.6) is 0 Å². The second-order valence-corrected chi connectivity index (χ2v) is 2.80. The molecule has 5 nitrogen and oxygen atoms in total. The summed E-state index contributed by atoms with van der Waals surface area (Å²) in [5.41, 5.74) is 5.43. The predicted molar refractivity (Wildman–Crippen MR) is 41.1 cm³/mol. The third kappa shape index (κ3) is 2.20. The lowest BCUT2D eigenvalue weighted by Crippen LogP contribution is -2.32. The maximum atomic E-state index is 11.0. The zero-order valence-electron chi connectivity index (χ0n) is 6.87. The Hall–Kier alpha value is -1.10. The molecule has 1 saturated carbocycles. The monoisotopic (exact) mass is 172 g/mol. The van der Waals surface area contributed by atoms with Crippen LogP contribution in [0, 0.1) is 5.92 Å². The molecule has 0 spiro atoms. The third-order valence-electron chi connectivity index (χ3n) is 1.81. The highest BCUT2D eigenvalue weighted by atomic mass is 16.5. The molecule has 0 heterocycles. The molecule has 3 N–H and O–H groups in total. The molecule has 0 saturated heterocycles. The molecule has 5 heteroatoms. The van der Waals surface area contributed by atoms with Crippen LogP contribution in [-0.4, -0.2) is 31.6 Å². The summed E-state index contributed by atoms with van der Waals surface area (Å²) in [4.78, 5) is 21.6. The Morgan fingerprint density at radius 1 is 1.67 bits per heavy atom. The molecule has 0 bridgehead atoms. The van der Waals surface area contributed by atoms with Gasteiger partial charge in [0.25, 0.3) is 0 Å². The number of carbonyl (C=O) groups is 2. The van der Waals surface area contributed by atoms with Crippen molar-refractivity contribution in [3.05, 3.63) is 0 Å². The number of esters is 1. The summed E-state index contributed by atoms with van der Waals surface area (Å²) in [7, 11) is 1.28. The fourth-order valence-corrected chi connectivity index (χ4v) is 0.879. The van der Waals surface area contributed by atoms with E-state index >= 15 is 0 Å². The number of amides is 1. The van der Waals surface area contributed by atoms with Gasteiger partial charge in [-0.25, -0.2) is 0 Å². The standard InChI is InChI=1S/C7H12N2O3/c1-12-6(10)3-9-7(11)4-2-5(4)8/h4-5H,2-3,8H2,1H3,(H,9,11). The van der Waals surface area contributed by atoms with Crippen LogP contribution in [0.15, 0.2) is 0 Å². The van der Waals surface area contributed by atoms with Gasteiger partial charge in [-0.1, -0.05) is 0 Å². The summed E-state index contributed by atoms with van der Waals surface area (Å²) in [6.45, 7) is -0.0709. The lowest BCUT2D eigenvalue weighted by atomic mass is 10.4. The van der Waals surface area contributed by atoms with Crippen molar-refractivity contribution in [2.45, 2.75) is 12.5 Å². The van der Waals surface area contributed by atoms with Crippen LogP contribution in [-0.2, 0) is 14.3 Å². The van der Waals surface area contributed by atoms with Crippen LogP contribution in [0.3, 0.4) is 0 Å². The Balaban J connectivity index is 2.15. The summed E-state index contributed by atoms with van der Waals surface area (Å²) in [6.07, 6.45) is 0.715. The molecule has 1 fully saturated rings. The highest BCUT2D eigenvalue weighted by Gasteiger charge is 2.39. The van der Waals surface area contributed by atoms with Gasteiger partial charge in [0, 0.05) is 6.04 Å². The number of methoxy groups -OCH3 is 1. The number of hydrogen-bond donors (Lipinski definition) is 2. The molecule has 0 aromatic rings. The van der Waals surface area contributed by atoms with E-state index in [9.17, 15) is 9.59 Å². The molecular formula is C7H12N2O3. The van der Waals surface area contributed by atoms with Crippen LogP contribution in [0.4, 0.5) is 0 Å². The fraction of sp³-hybridized carbons (Fsp3) is 0.714. The van der Waals surface area contributed by atoms with Gasteiger partial charge in [-0.15, -0.1) is 0 Å². The molecule has 0 aliphatic heterocycles. The summed E-state index contributed by atoms with van der Waals surface area (Å²) in [6, 6.07) is -0.0253. The molecule has 2 unspecified atom stereocenters. The first-order chi connectivity index (χ1) is 5.65. The van der Waals surface area contributed by atoms with Gasteiger partial charge in [0.15, 0.2) is 0 Å². The Kier molecular flexibility index (Phi) is 2.65. The zero-order valence-corrected chi connectivity index (χ0v) is 6.87. The molecule has 12 heavy (non-hydrogen) atoms. The quantitative estimate of drug-likeness (QED) is 0.514. The van der Waals surface area contributed by atoms with E-state index in [1.807, 2.05) is 0 Å². The first-order valence-corrected chi connectivity index (χ1v) is 3.75. The summed E-state index contributed by atoms with van der Waals surface area (Å²) < 4.78 is 4.34. The van der Waals surface area contributed by atoms with Crippen molar-refractivity contribution >= 4 is 11.9 Å². The molecule has 1 aliphatic rings. The predicted octanol–water partition coefficient (Wildman–Crippen LogP) is -1.38. The number of hydrogen-bond acceptors (Lipinski definition) is 4. The van der Waals surface area contributed by atoms with Crippen molar-refractivity contribution in [2.24, 2.45) is 11.7 Å². The topological polar surface area (TPSA) is 81.4 Å². The maximum Gasteiger partial charge on any atom is 0.325 e. The first kappa shape index (κ1) is 8.99. The maximum absolute atomic E-state index is 11.0. The van der Waals surface area contributed by atoms with E-state index in [2.05, 4.69) is 10.1 Å². The third-order valence-corrected chi connectivity index (χ3v) is 1.81. The zero-order chi connectivity index (χ0) is 9.14. The van der Waals surface area contributed by atoms with Crippen LogP contribution in [0.25, 0.3) is 0 Å². The molecule has 2 atom stereocenters. The molecule has 68 valence electrons. The Morgan fingerprint density at radius 2 is 2.25 bits per heavy atom. The van der Waals surface area contributed by atoms with E-state index in [1.54, 1.807) is 0 Å². The average molecular weight is 172 g/mol. The highest BCUT2D eigenvalue weighted by Crippen LogP contribution is 2.27. The van der Waals surface area contributed by atoms with Gasteiger partial charge in [0.2, 0.25) is 5.91 Å². The summed E-state index contributed by atoms with van der Waals surface area (Å²) in [5, 5.41) is 2.43. The molecular weight excluding hydrogens is 160 g/mol. The van der Waals surface area contributed by atoms with Gasteiger partial charge < -0.3 is 15.8 Å². The minimum atomic E-state index is -0.447. The fourth-order valence-electron chi connectivity index (χ4n) is 0.879. The van der Waals surface area contributed by atoms with E-state index in [4.69, 9.17) is 5.73 Å². The van der Waals surface area contributed by atoms with Crippen molar-refractivity contribution in [3.63, 3.8) is 0 Å². The summed E-state index contributed by atoms with van der Waals surface area (Å²) in [5.74, 6) is -0.708. The van der Waals surface area contributed by atoms with Gasteiger partial charge in [-0.2, -0.15) is 0 Å². The van der Waals surface area contributed by atoms with Crippen LogP contribution >= 0.6 is 0 Å². The molecule has 1 amide bonds. The Morgan fingerprint density at radius 3 is 2.67 bits per heavy atom. The second kappa shape index (κ2) is 3.53. The first-order valence-electron chi connectivity index (χ1n) is 3.75. The lowest BCUT2D eigenvalue weighted by molar-refractivity contribution is -0.141. The van der Waals surface area contributed by atoms with Gasteiger partial charge in [0.05, 0.1) is 13.0 Å². The number of nitrogens with one attached hydrogen (secondary N) is 1. The summed E-state index contributed by atoms with van der Waals surface area (Å²) >= 11 is 0. The van der Waals surface area contributed by atoms with Crippen molar-refractivity contribution in [1.29, 1.82) is 0 Å². The Bertz CT molecular complexity index is 205. The lowest BCUT2D eigenvalue weighted by Gasteiger charge is -2.01. The minimum absolute atomic E-state index is 0.0253.